The molecule has 0 saturated heterocycles. The molecule has 0 aliphatic heterocycles. The minimum Gasteiger partial charge on any atom is -0.486 e. The zero-order valence-electron chi connectivity index (χ0n) is 16.8. The number of halogens is 1. The number of aldehydes is 1. The molecule has 0 radical (unpaired) electrons. The van der Waals surface area contributed by atoms with E-state index in [1.807, 2.05) is 36.4 Å². The maximum Gasteiger partial charge on any atom is 0.157 e. The van der Waals surface area contributed by atoms with E-state index < -0.39 is 0 Å². The first kappa shape index (κ1) is 21.8. The molecule has 0 atom stereocenters. The summed E-state index contributed by atoms with van der Waals surface area (Å²) in [6.45, 7) is 8.77. The lowest BCUT2D eigenvalue weighted by molar-refractivity contribution is -0.109. The van der Waals surface area contributed by atoms with Gasteiger partial charge in [-0.2, -0.15) is 0 Å². The third-order valence-electron chi connectivity index (χ3n) is 4.19. The van der Waals surface area contributed by atoms with Crippen LogP contribution in [0.5, 0.6) is 5.75 Å². The van der Waals surface area contributed by atoms with Gasteiger partial charge in [-0.15, -0.1) is 11.3 Å². The van der Waals surface area contributed by atoms with Gasteiger partial charge in [-0.1, -0.05) is 52.0 Å². The van der Waals surface area contributed by atoms with E-state index in [-0.39, 0.29) is 12.4 Å². The maximum atomic E-state index is 12.7. The average Bonchev–Trinajstić information content (AvgIpc) is 3.18. The molecule has 28 heavy (non-hydrogen) atoms. The van der Waals surface area contributed by atoms with Gasteiger partial charge in [0.1, 0.15) is 18.2 Å². The first-order valence-electron chi connectivity index (χ1n) is 9.42. The van der Waals surface area contributed by atoms with Crippen LogP contribution in [0.15, 0.2) is 60.7 Å². The second-order valence-electron chi connectivity index (χ2n) is 7.07. The van der Waals surface area contributed by atoms with Crippen molar-refractivity contribution in [1.29, 1.82) is 0 Å². The van der Waals surface area contributed by atoms with Crippen molar-refractivity contribution in [1.82, 2.24) is 0 Å². The molecule has 3 rings (SSSR count). The Morgan fingerprint density at radius 2 is 1.54 bits per heavy atom. The molecular weight excluding hydrogens is 371 g/mol. The van der Waals surface area contributed by atoms with Crippen LogP contribution in [-0.2, 0) is 4.79 Å². The highest BCUT2D eigenvalue weighted by Gasteiger charge is 2.05. The minimum atomic E-state index is -0.181. The summed E-state index contributed by atoms with van der Waals surface area (Å²) in [6.07, 6.45) is 0.746. The minimum absolute atomic E-state index is 0.126. The Bertz CT molecular complexity index is 849. The predicted molar refractivity (Wildman–Crippen MR) is 116 cm³/mol. The Labute approximate surface area is 171 Å². The van der Waals surface area contributed by atoms with Crippen LogP contribution >= 0.6 is 11.3 Å². The van der Waals surface area contributed by atoms with E-state index in [1.165, 1.54) is 27.5 Å². The third-order valence-corrected chi connectivity index (χ3v) is 5.62. The van der Waals surface area contributed by atoms with Gasteiger partial charge in [-0.05, 0) is 59.4 Å². The number of hydrogen-bond donors (Lipinski definition) is 0. The monoisotopic (exact) mass is 398 g/mol. The highest BCUT2D eigenvalue weighted by atomic mass is 32.1. The van der Waals surface area contributed by atoms with E-state index in [4.69, 9.17) is 4.74 Å². The normalized spacial score (nSPS) is 10.5. The molecule has 2 aromatic carbocycles. The smallest absolute Gasteiger partial charge is 0.157 e. The summed E-state index contributed by atoms with van der Waals surface area (Å²) < 4.78 is 17.9. The van der Waals surface area contributed by atoms with Gasteiger partial charge in [-0.25, -0.2) is 4.39 Å². The summed E-state index contributed by atoms with van der Waals surface area (Å²) in [5, 5.41) is 0. The summed E-state index contributed by atoms with van der Waals surface area (Å²) >= 11 is 1.78. The average molecular weight is 399 g/mol. The van der Waals surface area contributed by atoms with Crippen LogP contribution in [0, 0.1) is 5.82 Å². The second-order valence-corrected chi connectivity index (χ2v) is 8.18. The maximum absolute atomic E-state index is 12.7. The Morgan fingerprint density at radius 3 is 2.04 bits per heavy atom. The van der Waals surface area contributed by atoms with Gasteiger partial charge in [0.05, 0.1) is 0 Å². The molecule has 0 spiro atoms. The van der Waals surface area contributed by atoms with Crippen molar-refractivity contribution in [3.63, 3.8) is 0 Å². The highest BCUT2D eigenvalue weighted by molar-refractivity contribution is 7.15. The molecule has 0 aliphatic carbocycles. The number of rotatable bonds is 6. The van der Waals surface area contributed by atoms with E-state index in [2.05, 4.69) is 39.8 Å². The molecule has 0 amide bonds. The molecule has 4 heteroatoms. The Kier molecular flexibility index (Phi) is 8.40. The largest absolute Gasteiger partial charge is 0.486 e. The summed E-state index contributed by atoms with van der Waals surface area (Å²) in [5.41, 5.74) is 2.37. The van der Waals surface area contributed by atoms with Gasteiger partial charge in [-0.3, -0.25) is 4.79 Å². The molecule has 2 nitrogen and oxygen atoms in total. The SMILES string of the molecule is CC(C)c1ccc(-c2ccc(F)cc2)s1.CC(C)c1ccc(OCC=O)cc1. The summed E-state index contributed by atoms with van der Waals surface area (Å²) in [4.78, 5) is 12.6. The molecule has 0 fully saturated rings. The van der Waals surface area contributed by atoms with Crippen LogP contribution in [-0.4, -0.2) is 12.9 Å². The molecule has 1 aromatic heterocycles. The van der Waals surface area contributed by atoms with Gasteiger partial charge in [0.2, 0.25) is 0 Å². The zero-order valence-corrected chi connectivity index (χ0v) is 17.6. The van der Waals surface area contributed by atoms with Crippen molar-refractivity contribution in [2.45, 2.75) is 39.5 Å². The van der Waals surface area contributed by atoms with Crippen molar-refractivity contribution in [2.24, 2.45) is 0 Å². The highest BCUT2D eigenvalue weighted by Crippen LogP contribution is 2.31. The van der Waals surface area contributed by atoms with Crippen molar-refractivity contribution >= 4 is 17.6 Å². The predicted octanol–water partition coefficient (Wildman–Crippen LogP) is 7.07. The fourth-order valence-electron chi connectivity index (χ4n) is 2.51. The molecule has 0 N–H and O–H groups in total. The molecule has 0 saturated carbocycles. The van der Waals surface area contributed by atoms with Crippen LogP contribution in [0.2, 0.25) is 0 Å². The van der Waals surface area contributed by atoms with Gasteiger partial charge in [0, 0.05) is 9.75 Å². The topological polar surface area (TPSA) is 26.3 Å². The lowest BCUT2D eigenvalue weighted by Gasteiger charge is -2.06. The first-order chi connectivity index (χ1) is 13.4. The second kappa shape index (κ2) is 10.8. The first-order valence-corrected chi connectivity index (χ1v) is 10.2. The quantitative estimate of drug-likeness (QED) is 0.415. The van der Waals surface area contributed by atoms with E-state index in [0.29, 0.717) is 11.8 Å². The van der Waals surface area contributed by atoms with E-state index >= 15 is 0 Å². The number of carbonyl (C=O) groups is 1. The van der Waals surface area contributed by atoms with Crippen LogP contribution in [0.4, 0.5) is 4.39 Å². The van der Waals surface area contributed by atoms with E-state index in [1.54, 1.807) is 11.3 Å². The van der Waals surface area contributed by atoms with Crippen LogP contribution in [0.1, 0.15) is 50.0 Å². The summed E-state index contributed by atoms with van der Waals surface area (Å²) in [7, 11) is 0. The third kappa shape index (κ3) is 6.61. The number of benzene rings is 2. The molecule has 148 valence electrons. The molecule has 1 heterocycles. The number of carbonyl (C=O) groups excluding carboxylic acids is 1. The summed E-state index contributed by atoms with van der Waals surface area (Å²) in [5.74, 6) is 1.65. The lowest BCUT2D eigenvalue weighted by Crippen LogP contribution is -1.97. The van der Waals surface area contributed by atoms with Gasteiger partial charge in [0.15, 0.2) is 6.29 Å². The van der Waals surface area contributed by atoms with Gasteiger partial charge in [0.25, 0.3) is 0 Å². The molecule has 0 aliphatic rings. The van der Waals surface area contributed by atoms with Crippen molar-refractivity contribution in [3.05, 3.63) is 76.9 Å². The fraction of sp³-hybridized carbons (Fsp3) is 0.292. The van der Waals surface area contributed by atoms with Crippen LogP contribution in [0.3, 0.4) is 0 Å². The number of thiophene rings is 1. The van der Waals surface area contributed by atoms with Crippen molar-refractivity contribution < 1.29 is 13.9 Å². The molecule has 0 bridgehead atoms. The zero-order chi connectivity index (χ0) is 20.5. The van der Waals surface area contributed by atoms with Gasteiger partial charge < -0.3 is 4.74 Å². The van der Waals surface area contributed by atoms with Crippen molar-refractivity contribution in [2.75, 3.05) is 6.61 Å². The van der Waals surface area contributed by atoms with Gasteiger partial charge >= 0.3 is 0 Å². The van der Waals surface area contributed by atoms with E-state index in [0.717, 1.165) is 17.6 Å². The Morgan fingerprint density at radius 1 is 0.893 bits per heavy atom. The standard InChI is InChI=1S/C13H13FS.C11H14O2/c1-9(2)12-7-8-13(15-12)10-3-5-11(14)6-4-10;1-9(2)10-3-5-11(6-4-10)13-8-7-12/h3-9H,1-2H3;3-7,9H,8H2,1-2H3. The van der Waals surface area contributed by atoms with Crippen molar-refractivity contribution in [3.8, 4) is 16.2 Å². The fourth-order valence-corrected chi connectivity index (χ4v) is 3.53. The molecule has 3 aromatic rings. The van der Waals surface area contributed by atoms with E-state index in [9.17, 15) is 9.18 Å². The lowest BCUT2D eigenvalue weighted by atomic mass is 10.0. The Balaban J connectivity index is 0.000000203. The Hall–Kier alpha value is -2.46. The number of hydrogen-bond acceptors (Lipinski definition) is 3. The molecule has 0 unspecified atom stereocenters. The van der Waals surface area contributed by atoms with Crippen LogP contribution < -0.4 is 4.74 Å². The number of ether oxygens (including phenoxy) is 1. The summed E-state index contributed by atoms with van der Waals surface area (Å²) in [6, 6.07) is 18.7. The van der Waals surface area contributed by atoms with Crippen LogP contribution in [0.25, 0.3) is 10.4 Å². The molecular formula is C24H27FO2S.